The topological polar surface area (TPSA) is 42.0 Å². The van der Waals surface area contributed by atoms with E-state index in [1.165, 1.54) is 37.0 Å². The van der Waals surface area contributed by atoms with Gasteiger partial charge in [-0.3, -0.25) is 4.79 Å². The predicted molar refractivity (Wildman–Crippen MR) is 65.8 cm³/mol. The molecule has 0 aromatic carbocycles. The maximum atomic E-state index is 11.9. The Kier molecular flexibility index (Phi) is 3.93. The standard InChI is InChI=1S/C12H18N2OS/c1-9-11(13-8-16-9)12(15)14-10-6-4-2-3-5-7-10/h8,10H,2-7H2,1H3,(H,14,15). The van der Waals surface area contributed by atoms with Crippen LogP contribution in [0.5, 0.6) is 0 Å². The van der Waals surface area contributed by atoms with Crippen LogP contribution in [0.3, 0.4) is 0 Å². The molecule has 1 saturated carbocycles. The number of amides is 1. The zero-order valence-corrected chi connectivity index (χ0v) is 10.5. The molecule has 1 aromatic heterocycles. The van der Waals surface area contributed by atoms with Crippen molar-refractivity contribution in [1.82, 2.24) is 10.3 Å². The molecule has 0 spiro atoms. The Morgan fingerprint density at radius 3 is 2.62 bits per heavy atom. The fourth-order valence-electron chi connectivity index (χ4n) is 2.20. The van der Waals surface area contributed by atoms with Crippen LogP contribution in [0.2, 0.25) is 0 Å². The lowest BCUT2D eigenvalue weighted by Gasteiger charge is -2.15. The quantitative estimate of drug-likeness (QED) is 0.805. The summed E-state index contributed by atoms with van der Waals surface area (Å²) >= 11 is 1.53. The Labute approximate surface area is 100 Å². The second-order valence-corrected chi connectivity index (χ2v) is 5.48. The Morgan fingerprint density at radius 1 is 1.38 bits per heavy atom. The van der Waals surface area contributed by atoms with Crippen LogP contribution in [0.15, 0.2) is 5.51 Å². The third kappa shape index (κ3) is 2.82. The number of thiazole rings is 1. The molecule has 1 heterocycles. The third-order valence-electron chi connectivity index (χ3n) is 3.15. The zero-order valence-electron chi connectivity index (χ0n) is 9.66. The number of rotatable bonds is 2. The van der Waals surface area contributed by atoms with Gasteiger partial charge in [0, 0.05) is 10.9 Å². The molecule has 0 aliphatic heterocycles. The van der Waals surface area contributed by atoms with Gasteiger partial charge in [-0.05, 0) is 19.8 Å². The first-order chi connectivity index (χ1) is 7.77. The summed E-state index contributed by atoms with van der Waals surface area (Å²) in [7, 11) is 0. The molecule has 0 atom stereocenters. The van der Waals surface area contributed by atoms with Crippen molar-refractivity contribution in [3.05, 3.63) is 16.1 Å². The Morgan fingerprint density at radius 2 is 2.06 bits per heavy atom. The molecule has 1 aliphatic rings. The molecule has 0 bridgehead atoms. The fraction of sp³-hybridized carbons (Fsp3) is 0.667. The maximum Gasteiger partial charge on any atom is 0.271 e. The summed E-state index contributed by atoms with van der Waals surface area (Å²) in [5.74, 6) is 0.00523. The van der Waals surface area contributed by atoms with Crippen molar-refractivity contribution in [3.8, 4) is 0 Å². The lowest BCUT2D eigenvalue weighted by Crippen LogP contribution is -2.34. The van der Waals surface area contributed by atoms with Gasteiger partial charge >= 0.3 is 0 Å². The summed E-state index contributed by atoms with van der Waals surface area (Å²) in [5.41, 5.74) is 2.34. The second kappa shape index (κ2) is 5.43. The highest BCUT2D eigenvalue weighted by molar-refractivity contribution is 7.09. The lowest BCUT2D eigenvalue weighted by molar-refractivity contribution is 0.0928. The van der Waals surface area contributed by atoms with Gasteiger partial charge in [-0.15, -0.1) is 11.3 Å². The number of hydrogen-bond donors (Lipinski definition) is 1. The number of hydrogen-bond acceptors (Lipinski definition) is 3. The van der Waals surface area contributed by atoms with Crippen molar-refractivity contribution in [3.63, 3.8) is 0 Å². The summed E-state index contributed by atoms with van der Waals surface area (Å²) < 4.78 is 0. The van der Waals surface area contributed by atoms with E-state index in [0.717, 1.165) is 17.7 Å². The van der Waals surface area contributed by atoms with Crippen molar-refractivity contribution in [2.45, 2.75) is 51.5 Å². The van der Waals surface area contributed by atoms with Crippen LogP contribution >= 0.6 is 11.3 Å². The Balaban J connectivity index is 1.93. The van der Waals surface area contributed by atoms with Gasteiger partial charge < -0.3 is 5.32 Å². The van der Waals surface area contributed by atoms with Crippen LogP contribution in [0.4, 0.5) is 0 Å². The van der Waals surface area contributed by atoms with Crippen molar-refractivity contribution >= 4 is 17.2 Å². The molecule has 0 unspecified atom stereocenters. The first-order valence-corrected chi connectivity index (χ1v) is 6.86. The van der Waals surface area contributed by atoms with Crippen LogP contribution in [-0.4, -0.2) is 16.9 Å². The third-order valence-corrected chi connectivity index (χ3v) is 3.91. The van der Waals surface area contributed by atoms with Crippen molar-refractivity contribution in [1.29, 1.82) is 0 Å². The molecule has 2 rings (SSSR count). The number of carbonyl (C=O) groups excluding carboxylic acids is 1. The van der Waals surface area contributed by atoms with E-state index >= 15 is 0 Å². The van der Waals surface area contributed by atoms with E-state index in [9.17, 15) is 4.79 Å². The molecule has 0 radical (unpaired) electrons. The summed E-state index contributed by atoms with van der Waals surface area (Å²) in [4.78, 5) is 17.1. The molecular formula is C12H18N2OS. The smallest absolute Gasteiger partial charge is 0.271 e. The van der Waals surface area contributed by atoms with Gasteiger partial charge in [0.05, 0.1) is 5.51 Å². The number of nitrogens with zero attached hydrogens (tertiary/aromatic N) is 1. The van der Waals surface area contributed by atoms with Crippen LogP contribution in [0, 0.1) is 6.92 Å². The van der Waals surface area contributed by atoms with Crippen molar-refractivity contribution in [2.24, 2.45) is 0 Å². The molecule has 1 aliphatic carbocycles. The van der Waals surface area contributed by atoms with Crippen LogP contribution in [0.25, 0.3) is 0 Å². The minimum Gasteiger partial charge on any atom is -0.348 e. The highest BCUT2D eigenvalue weighted by Crippen LogP contribution is 2.18. The SMILES string of the molecule is Cc1scnc1C(=O)NC1CCCCCC1. The fourth-order valence-corrected chi connectivity index (χ4v) is 2.77. The van der Waals surface area contributed by atoms with Gasteiger partial charge in [-0.2, -0.15) is 0 Å². The van der Waals surface area contributed by atoms with Crippen molar-refractivity contribution in [2.75, 3.05) is 0 Å². The van der Waals surface area contributed by atoms with E-state index < -0.39 is 0 Å². The van der Waals surface area contributed by atoms with Crippen LogP contribution < -0.4 is 5.32 Å². The van der Waals surface area contributed by atoms with E-state index in [1.54, 1.807) is 5.51 Å². The number of carbonyl (C=O) groups is 1. The molecule has 1 N–H and O–H groups in total. The number of aryl methyl sites for hydroxylation is 1. The maximum absolute atomic E-state index is 11.9. The summed E-state index contributed by atoms with van der Waals surface area (Å²) in [6, 6.07) is 0.357. The highest BCUT2D eigenvalue weighted by atomic mass is 32.1. The normalized spacial score (nSPS) is 18.1. The Bertz CT molecular complexity index is 354. The molecule has 1 fully saturated rings. The van der Waals surface area contributed by atoms with Gasteiger partial charge in [0.15, 0.2) is 0 Å². The van der Waals surface area contributed by atoms with Gasteiger partial charge in [0.25, 0.3) is 5.91 Å². The molecule has 4 heteroatoms. The van der Waals surface area contributed by atoms with E-state index in [1.807, 2.05) is 6.92 Å². The summed E-state index contributed by atoms with van der Waals surface area (Å²) in [6.07, 6.45) is 7.33. The number of nitrogens with one attached hydrogen (secondary N) is 1. The average Bonchev–Trinajstić information content (AvgIpc) is 2.53. The summed E-state index contributed by atoms with van der Waals surface area (Å²) in [5, 5.41) is 3.11. The van der Waals surface area contributed by atoms with Crippen LogP contribution in [-0.2, 0) is 0 Å². The van der Waals surface area contributed by atoms with E-state index in [2.05, 4.69) is 10.3 Å². The van der Waals surface area contributed by atoms with Crippen LogP contribution in [0.1, 0.15) is 53.9 Å². The minimum absolute atomic E-state index is 0.00523. The summed E-state index contributed by atoms with van der Waals surface area (Å²) in [6.45, 7) is 1.94. The number of aromatic nitrogens is 1. The van der Waals surface area contributed by atoms with Gasteiger partial charge in [-0.25, -0.2) is 4.98 Å². The molecule has 1 aromatic rings. The zero-order chi connectivity index (χ0) is 11.4. The van der Waals surface area contributed by atoms with Gasteiger partial charge in [0.2, 0.25) is 0 Å². The molecule has 1 amide bonds. The van der Waals surface area contributed by atoms with Gasteiger partial charge in [0.1, 0.15) is 5.69 Å². The lowest BCUT2D eigenvalue weighted by atomic mass is 10.1. The van der Waals surface area contributed by atoms with Crippen molar-refractivity contribution < 1.29 is 4.79 Å². The minimum atomic E-state index is 0.00523. The monoisotopic (exact) mass is 238 g/mol. The highest BCUT2D eigenvalue weighted by Gasteiger charge is 2.18. The average molecular weight is 238 g/mol. The molecule has 16 heavy (non-hydrogen) atoms. The molecule has 3 nitrogen and oxygen atoms in total. The first-order valence-electron chi connectivity index (χ1n) is 5.98. The van der Waals surface area contributed by atoms with Gasteiger partial charge in [-0.1, -0.05) is 25.7 Å². The predicted octanol–water partition coefficient (Wildman–Crippen LogP) is 2.90. The van der Waals surface area contributed by atoms with E-state index in [-0.39, 0.29) is 5.91 Å². The van der Waals surface area contributed by atoms with E-state index in [4.69, 9.17) is 0 Å². The Hall–Kier alpha value is -0.900. The molecule has 88 valence electrons. The largest absolute Gasteiger partial charge is 0.348 e. The second-order valence-electron chi connectivity index (χ2n) is 4.42. The van der Waals surface area contributed by atoms with E-state index in [0.29, 0.717) is 11.7 Å². The first kappa shape index (κ1) is 11.6. The molecular weight excluding hydrogens is 220 g/mol. The molecule has 0 saturated heterocycles.